The van der Waals surface area contributed by atoms with Crippen molar-refractivity contribution in [3.8, 4) is 11.3 Å². The molecule has 0 radical (unpaired) electrons. The maximum Gasteiger partial charge on any atom is 0.213 e. The fraction of sp³-hybridized carbons (Fsp3) is 0.500. The van der Waals surface area contributed by atoms with Crippen molar-refractivity contribution in [1.82, 2.24) is 19.5 Å². The van der Waals surface area contributed by atoms with Crippen LogP contribution in [0.2, 0.25) is 0 Å². The first-order valence-corrected chi connectivity index (χ1v) is 13.5. The summed E-state index contributed by atoms with van der Waals surface area (Å²) in [6, 6.07) is 6.72. The van der Waals surface area contributed by atoms with Crippen molar-refractivity contribution >= 4 is 16.7 Å². The van der Waals surface area contributed by atoms with Crippen LogP contribution in [0.4, 0.5) is 5.69 Å². The quantitative estimate of drug-likeness (QED) is 0.285. The highest BCUT2D eigenvalue weighted by Crippen LogP contribution is 2.41. The average molecular weight is 488 g/mol. The molecule has 6 heteroatoms. The first kappa shape index (κ1) is 25.9. The van der Waals surface area contributed by atoms with Gasteiger partial charge < -0.3 is 14.3 Å². The molecule has 192 valence electrons. The van der Waals surface area contributed by atoms with Gasteiger partial charge in [0.15, 0.2) is 0 Å². The van der Waals surface area contributed by atoms with E-state index in [1.807, 2.05) is 19.2 Å². The Kier molecular flexibility index (Phi) is 8.12. The first-order chi connectivity index (χ1) is 17.4. The van der Waals surface area contributed by atoms with Crippen LogP contribution in [0.15, 0.2) is 35.0 Å². The van der Waals surface area contributed by atoms with E-state index in [2.05, 4.69) is 68.5 Å². The van der Waals surface area contributed by atoms with E-state index >= 15 is 0 Å². The van der Waals surface area contributed by atoms with Gasteiger partial charge in [0.25, 0.3) is 0 Å². The van der Waals surface area contributed by atoms with Crippen LogP contribution >= 0.6 is 0 Å². The van der Waals surface area contributed by atoms with Gasteiger partial charge in [-0.1, -0.05) is 33.6 Å². The maximum atomic E-state index is 5.73. The van der Waals surface area contributed by atoms with Gasteiger partial charge in [-0.05, 0) is 70.7 Å². The smallest absolute Gasteiger partial charge is 0.213 e. The lowest BCUT2D eigenvalue weighted by atomic mass is 9.80. The molecule has 0 bridgehead atoms. The highest BCUT2D eigenvalue weighted by molar-refractivity contribution is 5.95. The minimum Gasteiger partial charge on any atom is -0.444 e. The van der Waals surface area contributed by atoms with Crippen LogP contribution in [0.1, 0.15) is 101 Å². The number of nitrogens with zero attached hydrogens (tertiary/aromatic N) is 4. The normalized spacial score (nSPS) is 13.6. The number of rotatable bonds is 7. The molecule has 36 heavy (non-hydrogen) atoms. The van der Waals surface area contributed by atoms with Crippen molar-refractivity contribution < 1.29 is 4.42 Å². The Labute approximate surface area is 215 Å². The largest absolute Gasteiger partial charge is 0.444 e. The predicted octanol–water partition coefficient (Wildman–Crippen LogP) is 8.14. The molecule has 0 saturated heterocycles. The zero-order chi connectivity index (χ0) is 25.8. The molecule has 5 rings (SSSR count). The summed E-state index contributed by atoms with van der Waals surface area (Å²) in [6.45, 7) is 15.6. The van der Waals surface area contributed by atoms with Crippen LogP contribution < -0.4 is 5.32 Å². The molecule has 4 heterocycles. The van der Waals surface area contributed by atoms with Gasteiger partial charge in [-0.2, -0.15) is 0 Å². The second kappa shape index (κ2) is 11.3. The first-order valence-electron chi connectivity index (χ1n) is 13.5. The Bertz CT molecular complexity index is 1310. The molecular weight excluding hydrogens is 446 g/mol. The van der Waals surface area contributed by atoms with Crippen molar-refractivity contribution in [3.05, 3.63) is 59.2 Å². The van der Waals surface area contributed by atoms with E-state index < -0.39 is 0 Å². The molecule has 6 nitrogen and oxygen atoms in total. The highest BCUT2D eigenvalue weighted by atomic mass is 16.4. The second-order valence-electron chi connectivity index (χ2n) is 10.1. The molecule has 1 fully saturated rings. The highest BCUT2D eigenvalue weighted by Gasteiger charge is 2.26. The third-order valence-corrected chi connectivity index (χ3v) is 6.87. The summed E-state index contributed by atoms with van der Waals surface area (Å²) in [5, 5.41) is 3.63. The number of fused-ring (bicyclic) bond motifs is 1. The monoisotopic (exact) mass is 487 g/mol. The Hall–Kier alpha value is -3.15. The molecule has 0 spiro atoms. The number of aromatic nitrogens is 4. The standard InChI is InChI=1S/C27H33N5O.C3H8/c1-6-23-18(5)25-27(32(23)16(2)3)22(29-15-24-30-14-17(4)33-24)13-21(31-25)20-11-8-12-28-26(20)19-9-7-10-19;1-3-2/h8,11-14,16,19H,6-7,9-10,15H2,1-5H3,(H,29,31);3H2,1-2H3. The molecule has 0 aromatic carbocycles. The summed E-state index contributed by atoms with van der Waals surface area (Å²) in [5.74, 6) is 2.05. The minimum absolute atomic E-state index is 0.331. The molecule has 0 atom stereocenters. The summed E-state index contributed by atoms with van der Waals surface area (Å²) in [4.78, 5) is 14.4. The number of aryl methyl sites for hydroxylation is 2. The summed E-state index contributed by atoms with van der Waals surface area (Å²) in [7, 11) is 0. The summed E-state index contributed by atoms with van der Waals surface area (Å²) in [6.07, 6.45) is 9.60. The van der Waals surface area contributed by atoms with Crippen molar-refractivity contribution in [2.75, 3.05) is 5.32 Å². The van der Waals surface area contributed by atoms with Crippen LogP contribution in [0.5, 0.6) is 0 Å². The van der Waals surface area contributed by atoms with E-state index in [0.717, 1.165) is 40.2 Å². The fourth-order valence-corrected chi connectivity index (χ4v) is 5.07. The molecule has 1 aliphatic rings. The van der Waals surface area contributed by atoms with Gasteiger partial charge in [-0.25, -0.2) is 9.97 Å². The zero-order valence-electron chi connectivity index (χ0n) is 23.0. The summed E-state index contributed by atoms with van der Waals surface area (Å²) < 4.78 is 8.16. The van der Waals surface area contributed by atoms with Gasteiger partial charge in [0.1, 0.15) is 5.76 Å². The molecule has 1 saturated carbocycles. The van der Waals surface area contributed by atoms with E-state index in [4.69, 9.17) is 14.4 Å². The van der Waals surface area contributed by atoms with Gasteiger partial charge in [0.2, 0.25) is 5.89 Å². The average Bonchev–Trinajstić information content (AvgIpc) is 3.37. The van der Waals surface area contributed by atoms with Crippen molar-refractivity contribution in [1.29, 1.82) is 0 Å². The third-order valence-electron chi connectivity index (χ3n) is 6.87. The molecule has 0 amide bonds. The Balaban J connectivity index is 0.000000967. The lowest BCUT2D eigenvalue weighted by Crippen LogP contribution is -2.12. The lowest BCUT2D eigenvalue weighted by molar-refractivity contribution is 0.412. The molecule has 4 aromatic rings. The molecular formula is C30H41N5O. The van der Waals surface area contributed by atoms with Crippen LogP contribution in [-0.4, -0.2) is 19.5 Å². The SMILES string of the molecule is CCC.CCc1c(C)c2nc(-c3cccnc3C3CCC3)cc(NCc3ncc(C)o3)c2n1C(C)C. The maximum absolute atomic E-state index is 5.73. The third kappa shape index (κ3) is 5.04. The molecule has 1 N–H and O–H groups in total. The molecule has 0 unspecified atom stereocenters. The molecule has 0 aliphatic heterocycles. The van der Waals surface area contributed by atoms with Crippen LogP contribution in [0.3, 0.4) is 0 Å². The van der Waals surface area contributed by atoms with E-state index in [1.165, 1.54) is 42.6 Å². The summed E-state index contributed by atoms with van der Waals surface area (Å²) in [5.41, 5.74) is 9.18. The number of anilines is 1. The topological polar surface area (TPSA) is 68.8 Å². The lowest BCUT2D eigenvalue weighted by Gasteiger charge is -2.26. The number of hydrogen-bond donors (Lipinski definition) is 1. The van der Waals surface area contributed by atoms with Gasteiger partial charge in [-0.15, -0.1) is 0 Å². The van der Waals surface area contributed by atoms with Crippen molar-refractivity contribution in [2.24, 2.45) is 0 Å². The van der Waals surface area contributed by atoms with E-state index in [-0.39, 0.29) is 0 Å². The van der Waals surface area contributed by atoms with Crippen LogP contribution in [0.25, 0.3) is 22.3 Å². The van der Waals surface area contributed by atoms with Crippen LogP contribution in [0, 0.1) is 13.8 Å². The minimum atomic E-state index is 0.331. The Morgan fingerprint density at radius 1 is 1.14 bits per heavy atom. The van der Waals surface area contributed by atoms with Gasteiger partial charge >= 0.3 is 0 Å². The number of hydrogen-bond acceptors (Lipinski definition) is 5. The van der Waals surface area contributed by atoms with Gasteiger partial charge in [-0.3, -0.25) is 4.98 Å². The number of nitrogens with one attached hydrogen (secondary N) is 1. The molecule has 4 aromatic heterocycles. The second-order valence-corrected chi connectivity index (χ2v) is 10.1. The van der Waals surface area contributed by atoms with Gasteiger partial charge in [0.05, 0.1) is 40.9 Å². The Morgan fingerprint density at radius 3 is 2.47 bits per heavy atom. The van der Waals surface area contributed by atoms with Crippen molar-refractivity contribution in [2.45, 2.75) is 99.1 Å². The summed E-state index contributed by atoms with van der Waals surface area (Å²) >= 11 is 0. The van der Waals surface area contributed by atoms with E-state index in [9.17, 15) is 0 Å². The van der Waals surface area contributed by atoms with E-state index in [1.54, 1.807) is 6.20 Å². The van der Waals surface area contributed by atoms with Gasteiger partial charge in [0, 0.05) is 29.4 Å². The number of pyridine rings is 2. The van der Waals surface area contributed by atoms with Crippen LogP contribution in [-0.2, 0) is 13.0 Å². The zero-order valence-corrected chi connectivity index (χ0v) is 23.0. The fourth-order valence-electron chi connectivity index (χ4n) is 5.07. The van der Waals surface area contributed by atoms with Crippen molar-refractivity contribution in [3.63, 3.8) is 0 Å². The molecule has 1 aliphatic carbocycles. The van der Waals surface area contributed by atoms with E-state index in [0.29, 0.717) is 24.4 Å². The predicted molar refractivity (Wildman–Crippen MR) is 149 cm³/mol. The Morgan fingerprint density at radius 2 is 1.89 bits per heavy atom. The number of oxazole rings is 1.